The van der Waals surface area contributed by atoms with E-state index in [2.05, 4.69) is 14.8 Å². The quantitative estimate of drug-likeness (QED) is 0.607. The van der Waals surface area contributed by atoms with Gasteiger partial charge in [0, 0.05) is 19.3 Å². The average molecular weight is 303 g/mol. The van der Waals surface area contributed by atoms with Crippen LogP contribution >= 0.6 is 7.82 Å². The predicted molar refractivity (Wildman–Crippen MR) is 72.0 cm³/mol. The minimum atomic E-state index is -4.50. The fourth-order valence-electron chi connectivity index (χ4n) is 1.29. The minimum absolute atomic E-state index is 0.240. The number of hydrogen-bond acceptors (Lipinski definition) is 5. The first kappa shape index (κ1) is 16.7. The summed E-state index contributed by atoms with van der Waals surface area (Å²) in [6, 6.07) is 3.01. The van der Waals surface area contributed by atoms with Gasteiger partial charge in [-0.2, -0.15) is 0 Å². The van der Waals surface area contributed by atoms with E-state index in [9.17, 15) is 9.36 Å². The third kappa shape index (κ3) is 6.74. The van der Waals surface area contributed by atoms with Crippen molar-refractivity contribution < 1.29 is 23.7 Å². The van der Waals surface area contributed by atoms with Gasteiger partial charge in [0.25, 0.3) is 5.91 Å². The number of phosphoric ester groups is 1. The fraction of sp³-hybridized carbons (Fsp3) is 0.455. The zero-order valence-electron chi connectivity index (χ0n) is 11.3. The molecule has 0 fully saturated rings. The zero-order chi connectivity index (χ0) is 15.2. The van der Waals surface area contributed by atoms with Gasteiger partial charge in [-0.3, -0.25) is 14.3 Å². The van der Waals surface area contributed by atoms with Crippen LogP contribution in [0.1, 0.15) is 16.1 Å². The number of hydrogen-bond donors (Lipinski definition) is 3. The van der Waals surface area contributed by atoms with E-state index < -0.39 is 7.82 Å². The van der Waals surface area contributed by atoms with Gasteiger partial charge in [0.1, 0.15) is 5.69 Å². The lowest BCUT2D eigenvalue weighted by molar-refractivity contribution is 0.0945. The summed E-state index contributed by atoms with van der Waals surface area (Å²) in [5, 5.41) is 2.71. The number of nitrogens with one attached hydrogen (secondary N) is 1. The molecule has 0 bridgehead atoms. The Hall–Kier alpha value is -1.31. The Kier molecular flexibility index (Phi) is 6.25. The van der Waals surface area contributed by atoms with Crippen LogP contribution in [0.3, 0.4) is 0 Å². The smallest absolute Gasteiger partial charge is 0.349 e. The Bertz CT molecular complexity index is 485. The highest BCUT2D eigenvalue weighted by Gasteiger charge is 2.14. The van der Waals surface area contributed by atoms with E-state index in [1.54, 1.807) is 0 Å². The summed E-state index contributed by atoms with van der Waals surface area (Å²) < 4.78 is 14.9. The molecule has 3 N–H and O–H groups in total. The summed E-state index contributed by atoms with van der Waals surface area (Å²) in [6.45, 7) is 0.969. The molecular weight excluding hydrogens is 285 g/mol. The summed E-state index contributed by atoms with van der Waals surface area (Å²) in [4.78, 5) is 34.7. The van der Waals surface area contributed by atoms with Crippen molar-refractivity contribution in [3.05, 3.63) is 29.6 Å². The maximum atomic E-state index is 11.7. The monoisotopic (exact) mass is 303 g/mol. The molecule has 0 aromatic carbocycles. The van der Waals surface area contributed by atoms with Crippen LogP contribution < -0.4 is 5.32 Å². The molecule has 0 atom stereocenters. The summed E-state index contributed by atoms with van der Waals surface area (Å²) in [7, 11) is -0.692. The van der Waals surface area contributed by atoms with Gasteiger partial charge in [0.15, 0.2) is 0 Å². The van der Waals surface area contributed by atoms with E-state index in [1.807, 2.05) is 19.0 Å². The van der Waals surface area contributed by atoms with Crippen molar-refractivity contribution in [2.45, 2.75) is 6.61 Å². The van der Waals surface area contributed by atoms with Crippen LogP contribution in [0.5, 0.6) is 0 Å². The van der Waals surface area contributed by atoms with E-state index in [0.29, 0.717) is 12.1 Å². The molecule has 1 heterocycles. The number of carbonyl (C=O) groups is 1. The third-order valence-corrected chi connectivity index (χ3v) is 2.77. The lowest BCUT2D eigenvalue weighted by Gasteiger charge is -2.10. The second kappa shape index (κ2) is 7.47. The molecule has 112 valence electrons. The van der Waals surface area contributed by atoms with E-state index in [4.69, 9.17) is 9.79 Å². The lowest BCUT2D eigenvalue weighted by Crippen LogP contribution is -2.31. The molecule has 0 saturated carbocycles. The molecule has 0 saturated heterocycles. The average Bonchev–Trinajstić information content (AvgIpc) is 2.35. The van der Waals surface area contributed by atoms with Gasteiger partial charge in [0.2, 0.25) is 0 Å². The molecule has 0 aliphatic rings. The number of amides is 1. The zero-order valence-corrected chi connectivity index (χ0v) is 12.2. The molecule has 0 radical (unpaired) electrons. The molecule has 0 aliphatic carbocycles. The highest BCUT2D eigenvalue weighted by atomic mass is 31.2. The molecule has 0 spiro atoms. The molecule has 1 aromatic heterocycles. The van der Waals surface area contributed by atoms with Crippen LogP contribution in [-0.2, 0) is 15.7 Å². The van der Waals surface area contributed by atoms with Crippen LogP contribution in [0, 0.1) is 0 Å². The fourth-order valence-corrected chi connectivity index (χ4v) is 1.60. The van der Waals surface area contributed by atoms with Crippen molar-refractivity contribution in [2.24, 2.45) is 0 Å². The third-order valence-electron chi connectivity index (χ3n) is 2.30. The largest absolute Gasteiger partial charge is 0.469 e. The number of phosphoric acid groups is 1. The standard InChI is InChI=1S/C11H18N3O5P/c1-14(2)6-5-12-11(15)10-4-3-9(7-13-10)8-19-20(16,17)18/h3-4,7H,5-6,8H2,1-2H3,(H,12,15)(H2,16,17,18). The number of aromatic nitrogens is 1. The first-order chi connectivity index (χ1) is 9.28. The normalized spacial score (nSPS) is 11.7. The summed E-state index contributed by atoms with van der Waals surface area (Å²) in [5.41, 5.74) is 0.710. The summed E-state index contributed by atoms with van der Waals surface area (Å²) >= 11 is 0. The second-order valence-corrected chi connectivity index (χ2v) is 5.61. The number of carbonyl (C=O) groups excluding carboxylic acids is 1. The number of pyridine rings is 1. The van der Waals surface area contributed by atoms with Gasteiger partial charge < -0.3 is 20.0 Å². The Morgan fingerprint density at radius 3 is 2.65 bits per heavy atom. The van der Waals surface area contributed by atoms with Crippen molar-refractivity contribution in [2.75, 3.05) is 27.2 Å². The molecule has 1 aromatic rings. The first-order valence-electron chi connectivity index (χ1n) is 5.86. The van der Waals surface area contributed by atoms with Crippen LogP contribution in [0.25, 0.3) is 0 Å². The van der Waals surface area contributed by atoms with E-state index in [0.717, 1.165) is 6.54 Å². The van der Waals surface area contributed by atoms with Gasteiger partial charge in [-0.05, 0) is 25.7 Å². The molecule has 20 heavy (non-hydrogen) atoms. The Labute approximate surface area is 117 Å². The van der Waals surface area contributed by atoms with Gasteiger partial charge in [-0.1, -0.05) is 6.07 Å². The van der Waals surface area contributed by atoms with E-state index >= 15 is 0 Å². The van der Waals surface area contributed by atoms with Crippen molar-refractivity contribution in [3.63, 3.8) is 0 Å². The Morgan fingerprint density at radius 1 is 1.45 bits per heavy atom. The van der Waals surface area contributed by atoms with Gasteiger partial charge in [-0.25, -0.2) is 4.57 Å². The van der Waals surface area contributed by atoms with Gasteiger partial charge in [0.05, 0.1) is 6.61 Å². The number of nitrogens with zero attached hydrogens (tertiary/aromatic N) is 2. The van der Waals surface area contributed by atoms with Crippen molar-refractivity contribution in [3.8, 4) is 0 Å². The molecule has 1 rings (SSSR count). The van der Waals surface area contributed by atoms with Crippen LogP contribution in [0.15, 0.2) is 18.3 Å². The first-order valence-corrected chi connectivity index (χ1v) is 7.39. The predicted octanol–water partition coefficient (Wildman–Crippen LogP) is -0.0177. The van der Waals surface area contributed by atoms with Crippen molar-refractivity contribution in [1.29, 1.82) is 0 Å². The Balaban J connectivity index is 2.49. The highest BCUT2D eigenvalue weighted by molar-refractivity contribution is 7.46. The van der Waals surface area contributed by atoms with Gasteiger partial charge >= 0.3 is 7.82 Å². The maximum Gasteiger partial charge on any atom is 0.469 e. The van der Waals surface area contributed by atoms with E-state index in [1.165, 1.54) is 18.3 Å². The Morgan fingerprint density at radius 2 is 2.15 bits per heavy atom. The second-order valence-electron chi connectivity index (χ2n) is 4.37. The minimum Gasteiger partial charge on any atom is -0.349 e. The summed E-state index contributed by atoms with van der Waals surface area (Å²) in [6.07, 6.45) is 1.34. The van der Waals surface area contributed by atoms with Crippen molar-refractivity contribution >= 4 is 13.7 Å². The topological polar surface area (TPSA) is 112 Å². The highest BCUT2D eigenvalue weighted by Crippen LogP contribution is 2.36. The van der Waals surface area contributed by atoms with Crippen LogP contribution in [0.2, 0.25) is 0 Å². The molecule has 9 heteroatoms. The summed E-state index contributed by atoms with van der Waals surface area (Å²) in [5.74, 6) is -0.297. The van der Waals surface area contributed by atoms with Gasteiger partial charge in [-0.15, -0.1) is 0 Å². The molecule has 1 amide bonds. The molecular formula is C11H18N3O5P. The van der Waals surface area contributed by atoms with Crippen LogP contribution in [0.4, 0.5) is 0 Å². The van der Waals surface area contributed by atoms with E-state index in [-0.39, 0.29) is 18.2 Å². The number of likely N-dealkylation sites (N-methyl/N-ethyl adjacent to an activating group) is 1. The molecule has 0 aliphatic heterocycles. The maximum absolute atomic E-state index is 11.7. The molecule has 8 nitrogen and oxygen atoms in total. The number of rotatable bonds is 7. The lowest BCUT2D eigenvalue weighted by atomic mass is 10.2. The van der Waals surface area contributed by atoms with Crippen LogP contribution in [-0.4, -0.2) is 52.8 Å². The SMILES string of the molecule is CN(C)CCNC(=O)c1ccc(COP(=O)(O)O)cn1. The molecule has 0 unspecified atom stereocenters. The van der Waals surface area contributed by atoms with Crippen molar-refractivity contribution in [1.82, 2.24) is 15.2 Å².